The van der Waals surface area contributed by atoms with Crippen LogP contribution >= 0.6 is 0 Å². The number of hydrogen-bond acceptors (Lipinski definition) is 10. The van der Waals surface area contributed by atoms with E-state index in [-0.39, 0.29) is 41.0 Å². The van der Waals surface area contributed by atoms with Crippen LogP contribution in [0.25, 0.3) is 0 Å². The molecule has 10 heteroatoms. The molecule has 0 bridgehead atoms. The normalized spacial score (nSPS) is 60.4. The minimum Gasteiger partial charge on any atom is -0.393 e. The Balaban J connectivity index is 1.18. The second kappa shape index (κ2) is 9.86. The Morgan fingerprint density at radius 2 is 1.42 bits per heavy atom. The van der Waals surface area contributed by atoms with Crippen molar-refractivity contribution in [1.29, 1.82) is 0 Å². The molecule has 7 N–H and O–H groups in total. The molecule has 5 saturated carbocycles. The van der Waals surface area contributed by atoms with Gasteiger partial charge in [0.05, 0.1) is 48.3 Å². The van der Waals surface area contributed by atoms with Gasteiger partial charge in [0, 0.05) is 16.7 Å². The molecule has 0 aromatic rings. The maximum absolute atomic E-state index is 12.4. The van der Waals surface area contributed by atoms with Gasteiger partial charge in [-0.15, -0.1) is 0 Å². The maximum Gasteiger partial charge on any atom is 0.186 e. The Bertz CT molecular complexity index is 1190. The third-order valence-corrected chi connectivity index (χ3v) is 15.7. The van der Waals surface area contributed by atoms with Gasteiger partial charge in [0.1, 0.15) is 18.3 Å². The average Bonchev–Trinajstić information content (AvgIpc) is 3.36. The lowest BCUT2D eigenvalue weighted by molar-refractivity contribution is -0.304. The summed E-state index contributed by atoms with van der Waals surface area (Å²) in [4.78, 5) is 0. The first-order valence-electron chi connectivity index (χ1n) is 17.5. The summed E-state index contributed by atoms with van der Waals surface area (Å²) >= 11 is 0. The van der Waals surface area contributed by atoms with Gasteiger partial charge in [-0.2, -0.15) is 0 Å². The highest BCUT2D eigenvalue weighted by atomic mass is 16.7. The van der Waals surface area contributed by atoms with E-state index in [9.17, 15) is 35.7 Å². The summed E-state index contributed by atoms with van der Waals surface area (Å²) < 4.78 is 18.6. The Morgan fingerprint density at radius 3 is 2.07 bits per heavy atom. The summed E-state index contributed by atoms with van der Waals surface area (Å²) in [5.74, 6) is -0.0832. The van der Waals surface area contributed by atoms with Gasteiger partial charge in [-0.3, -0.25) is 0 Å². The van der Waals surface area contributed by atoms with E-state index in [1.165, 1.54) is 0 Å². The van der Waals surface area contributed by atoms with Crippen LogP contribution in [0.5, 0.6) is 0 Å². The summed E-state index contributed by atoms with van der Waals surface area (Å²) in [5, 5.41) is 77.9. The summed E-state index contributed by atoms with van der Waals surface area (Å²) in [6.45, 7) is 14.1. The van der Waals surface area contributed by atoms with Gasteiger partial charge < -0.3 is 50.0 Å². The molecule has 2 aliphatic heterocycles. The van der Waals surface area contributed by atoms with Crippen molar-refractivity contribution in [2.45, 2.75) is 166 Å². The molecule has 7 rings (SSSR count). The smallest absolute Gasteiger partial charge is 0.186 e. The fourth-order valence-electron chi connectivity index (χ4n) is 13.4. The van der Waals surface area contributed by atoms with E-state index in [0.29, 0.717) is 25.2 Å². The number of fused-ring (bicyclic) bond motifs is 2. The Kier molecular flexibility index (Phi) is 7.25. The molecule has 17 atom stereocenters. The fourth-order valence-corrected chi connectivity index (χ4v) is 13.4. The lowest BCUT2D eigenvalue weighted by Crippen LogP contribution is -2.65. The Hall–Kier alpha value is -0.400. The van der Waals surface area contributed by atoms with Crippen LogP contribution in [0.4, 0.5) is 0 Å². The third kappa shape index (κ3) is 3.99. The first-order chi connectivity index (χ1) is 20.7. The molecule has 0 aromatic carbocycles. The summed E-state index contributed by atoms with van der Waals surface area (Å²) in [7, 11) is 0. The molecule has 5 aliphatic carbocycles. The molecule has 258 valence electrons. The van der Waals surface area contributed by atoms with Crippen LogP contribution in [0.15, 0.2) is 0 Å². The zero-order chi connectivity index (χ0) is 32.9. The van der Waals surface area contributed by atoms with Gasteiger partial charge in [-0.25, -0.2) is 0 Å². The zero-order valence-electron chi connectivity index (χ0n) is 28.1. The van der Waals surface area contributed by atoms with Crippen molar-refractivity contribution in [1.82, 2.24) is 0 Å². The highest BCUT2D eigenvalue weighted by Gasteiger charge is 2.86. The van der Waals surface area contributed by atoms with Crippen LogP contribution in [0.2, 0.25) is 0 Å². The van der Waals surface area contributed by atoms with Crippen LogP contribution < -0.4 is 0 Å². The first kappa shape index (κ1) is 33.1. The second-order valence-electron chi connectivity index (χ2n) is 18.2. The van der Waals surface area contributed by atoms with Crippen LogP contribution in [0.3, 0.4) is 0 Å². The standard InChI is InChI=1S/C35H58O10/c1-29(2)18-8-9-19-32(6)27(41)25(40)26(31(5)12-10-22(45-31)30(3,4)42)33(32,7)20(37)14-35(19)16-34(18,35)13-11-21(29)44-28-24(39)23(38)17(36)15-43-28/h17-28,36-42H,8-16H2,1-7H3/t17-,18+,19+,20+,21+,22-,23+,24-,25-,26-,27+,28+,31+,32-,33-,34-,35+/m1/s1. The molecule has 0 unspecified atom stereocenters. The minimum atomic E-state index is -1.33. The average molecular weight is 639 g/mol. The molecule has 2 saturated heterocycles. The van der Waals surface area contributed by atoms with E-state index in [1.807, 2.05) is 6.92 Å². The largest absolute Gasteiger partial charge is 0.393 e. The van der Waals surface area contributed by atoms with Gasteiger partial charge in [-0.05, 0) is 100 Å². The molecule has 7 fully saturated rings. The monoisotopic (exact) mass is 638 g/mol. The van der Waals surface area contributed by atoms with Gasteiger partial charge >= 0.3 is 0 Å². The molecule has 10 nitrogen and oxygen atoms in total. The van der Waals surface area contributed by atoms with Crippen molar-refractivity contribution in [3.8, 4) is 0 Å². The molecular weight excluding hydrogens is 580 g/mol. The van der Waals surface area contributed by atoms with Crippen LogP contribution in [0, 0.1) is 44.8 Å². The third-order valence-electron chi connectivity index (χ3n) is 15.7. The van der Waals surface area contributed by atoms with Crippen molar-refractivity contribution < 1.29 is 50.0 Å². The lowest BCUT2D eigenvalue weighted by Gasteiger charge is -2.65. The van der Waals surface area contributed by atoms with E-state index < -0.39 is 70.9 Å². The number of aliphatic hydroxyl groups is 7. The van der Waals surface area contributed by atoms with E-state index >= 15 is 0 Å². The van der Waals surface area contributed by atoms with Gasteiger partial charge in [0.25, 0.3) is 0 Å². The zero-order valence-corrected chi connectivity index (χ0v) is 28.1. The molecular formula is C35H58O10. The maximum atomic E-state index is 12.4. The van der Waals surface area contributed by atoms with Gasteiger partial charge in [-0.1, -0.05) is 27.7 Å². The van der Waals surface area contributed by atoms with Crippen LogP contribution in [-0.2, 0) is 14.2 Å². The summed E-state index contributed by atoms with van der Waals surface area (Å²) in [6.07, 6.45) is -1.90. The van der Waals surface area contributed by atoms with Gasteiger partial charge in [0.2, 0.25) is 0 Å². The topological polar surface area (TPSA) is 169 Å². The van der Waals surface area contributed by atoms with Crippen molar-refractivity contribution >= 4 is 0 Å². The van der Waals surface area contributed by atoms with Crippen LogP contribution in [-0.4, -0.2) is 109 Å². The van der Waals surface area contributed by atoms with Crippen molar-refractivity contribution in [2.75, 3.05) is 6.61 Å². The highest BCUT2D eigenvalue weighted by molar-refractivity contribution is 5.35. The molecule has 2 heterocycles. The predicted octanol–water partition coefficient (Wildman–Crippen LogP) is 1.87. The van der Waals surface area contributed by atoms with E-state index in [4.69, 9.17) is 14.2 Å². The molecule has 0 aromatic heterocycles. The van der Waals surface area contributed by atoms with Gasteiger partial charge in [0.15, 0.2) is 6.29 Å². The first-order valence-corrected chi connectivity index (χ1v) is 17.5. The van der Waals surface area contributed by atoms with E-state index in [1.54, 1.807) is 13.8 Å². The number of rotatable bonds is 4. The number of aliphatic hydroxyl groups excluding tert-OH is 6. The molecule has 45 heavy (non-hydrogen) atoms. The summed E-state index contributed by atoms with van der Waals surface area (Å²) in [5.41, 5.74) is -3.82. The Morgan fingerprint density at radius 1 is 0.756 bits per heavy atom. The fraction of sp³-hybridized carbons (Fsp3) is 1.00. The second-order valence-corrected chi connectivity index (χ2v) is 18.2. The number of hydrogen-bond donors (Lipinski definition) is 7. The lowest BCUT2D eigenvalue weighted by atomic mass is 9.40. The van der Waals surface area contributed by atoms with E-state index in [0.717, 1.165) is 32.1 Å². The Labute approximate surface area is 267 Å². The number of ether oxygens (including phenoxy) is 3. The highest BCUT2D eigenvalue weighted by Crippen LogP contribution is 2.89. The van der Waals surface area contributed by atoms with Crippen molar-refractivity contribution in [3.63, 3.8) is 0 Å². The quantitative estimate of drug-likeness (QED) is 0.226. The molecule has 0 radical (unpaired) electrons. The molecule has 7 aliphatic rings. The molecule has 2 spiro atoms. The summed E-state index contributed by atoms with van der Waals surface area (Å²) in [6, 6.07) is 0. The van der Waals surface area contributed by atoms with Crippen molar-refractivity contribution in [3.05, 3.63) is 0 Å². The SMILES string of the molecule is CC(C)(O)[C@H]1CC[C@@](C)([C@H]2[C@@H](O)[C@H](O)[C@@]3(C)[C@@H]4CC[C@H]5C(C)(C)[C@@H](O[C@@H]6OC[C@@H](O)[C@H](O)[C@H]6O)CC[C@@]56C[C@@]46C[C@H](O)[C@]23C)O1. The van der Waals surface area contributed by atoms with E-state index in [2.05, 4.69) is 27.7 Å². The minimum absolute atomic E-state index is 0.0190. The van der Waals surface area contributed by atoms with Crippen LogP contribution in [0.1, 0.15) is 99.8 Å². The molecule has 0 amide bonds. The predicted molar refractivity (Wildman–Crippen MR) is 162 cm³/mol. The van der Waals surface area contributed by atoms with Crippen molar-refractivity contribution in [2.24, 2.45) is 44.8 Å².